The van der Waals surface area contributed by atoms with Gasteiger partial charge in [0.15, 0.2) is 0 Å². The largest absolute Gasteiger partial charge is 0.508 e. The SMILES string of the molecule is CCN(c1cc(O)ccc1C)C(C)C(=O)NN. The van der Waals surface area contributed by atoms with Gasteiger partial charge in [-0.3, -0.25) is 10.2 Å². The number of carbonyl (C=O) groups excluding carboxylic acids is 1. The molecular formula is C12H19N3O2. The number of likely N-dealkylation sites (N-methyl/N-ethyl adjacent to an activating group) is 1. The molecule has 17 heavy (non-hydrogen) atoms. The highest BCUT2D eigenvalue weighted by molar-refractivity contribution is 5.84. The smallest absolute Gasteiger partial charge is 0.256 e. The number of hydrogen-bond donors (Lipinski definition) is 3. The first-order chi connectivity index (χ1) is 8.01. The van der Waals surface area contributed by atoms with E-state index < -0.39 is 0 Å². The van der Waals surface area contributed by atoms with Gasteiger partial charge in [0.25, 0.3) is 5.91 Å². The Labute approximate surface area is 101 Å². The topological polar surface area (TPSA) is 78.6 Å². The maximum atomic E-state index is 11.5. The highest BCUT2D eigenvalue weighted by Gasteiger charge is 2.21. The molecule has 0 bridgehead atoms. The van der Waals surface area contributed by atoms with Crippen molar-refractivity contribution in [3.63, 3.8) is 0 Å². The number of aryl methyl sites for hydroxylation is 1. The molecule has 0 aliphatic heterocycles. The van der Waals surface area contributed by atoms with Gasteiger partial charge in [0.1, 0.15) is 11.8 Å². The van der Waals surface area contributed by atoms with Crippen LogP contribution in [0.2, 0.25) is 0 Å². The molecule has 1 unspecified atom stereocenters. The second-order valence-corrected chi connectivity index (χ2v) is 3.94. The molecule has 0 aliphatic carbocycles. The Bertz CT molecular complexity index is 407. The predicted octanol–water partition coefficient (Wildman–Crippen LogP) is 0.905. The number of amides is 1. The number of phenols is 1. The Balaban J connectivity index is 3.08. The number of aromatic hydroxyl groups is 1. The molecule has 0 aliphatic rings. The summed E-state index contributed by atoms with van der Waals surface area (Å²) in [4.78, 5) is 13.4. The lowest BCUT2D eigenvalue weighted by Gasteiger charge is -2.30. The number of hydrazine groups is 1. The molecule has 94 valence electrons. The average molecular weight is 237 g/mol. The quantitative estimate of drug-likeness (QED) is 0.413. The minimum atomic E-state index is -0.384. The summed E-state index contributed by atoms with van der Waals surface area (Å²) in [7, 11) is 0. The highest BCUT2D eigenvalue weighted by atomic mass is 16.3. The van der Waals surface area contributed by atoms with Gasteiger partial charge in [0.05, 0.1) is 0 Å². The summed E-state index contributed by atoms with van der Waals surface area (Å²) in [5, 5.41) is 9.51. The van der Waals surface area contributed by atoms with Crippen LogP contribution in [0.5, 0.6) is 5.75 Å². The molecule has 1 amide bonds. The minimum Gasteiger partial charge on any atom is -0.508 e. The molecule has 1 rings (SSSR count). The number of nitrogens with zero attached hydrogens (tertiary/aromatic N) is 1. The summed E-state index contributed by atoms with van der Waals surface area (Å²) in [6.45, 7) is 6.31. The third kappa shape index (κ3) is 2.88. The first-order valence-electron chi connectivity index (χ1n) is 5.58. The van der Waals surface area contributed by atoms with Crippen molar-refractivity contribution in [2.75, 3.05) is 11.4 Å². The van der Waals surface area contributed by atoms with Crippen molar-refractivity contribution in [3.8, 4) is 5.75 Å². The second kappa shape index (κ2) is 5.54. The molecule has 0 heterocycles. The summed E-state index contributed by atoms with van der Waals surface area (Å²) in [6.07, 6.45) is 0. The van der Waals surface area contributed by atoms with E-state index in [0.29, 0.717) is 6.54 Å². The van der Waals surface area contributed by atoms with E-state index in [0.717, 1.165) is 11.3 Å². The zero-order valence-corrected chi connectivity index (χ0v) is 10.4. The first kappa shape index (κ1) is 13.3. The van der Waals surface area contributed by atoms with Gasteiger partial charge >= 0.3 is 0 Å². The molecule has 5 nitrogen and oxygen atoms in total. The normalized spacial score (nSPS) is 12.0. The van der Waals surface area contributed by atoms with E-state index in [1.165, 1.54) is 0 Å². The lowest BCUT2D eigenvalue weighted by molar-refractivity contribution is -0.122. The number of hydrogen-bond acceptors (Lipinski definition) is 4. The van der Waals surface area contributed by atoms with Crippen molar-refractivity contribution in [3.05, 3.63) is 23.8 Å². The summed E-state index contributed by atoms with van der Waals surface area (Å²) in [5.74, 6) is 5.07. The molecule has 1 aromatic rings. The zero-order chi connectivity index (χ0) is 13.0. The first-order valence-corrected chi connectivity index (χ1v) is 5.58. The molecule has 0 spiro atoms. The van der Waals surface area contributed by atoms with Crippen LogP contribution in [0.15, 0.2) is 18.2 Å². The van der Waals surface area contributed by atoms with Crippen molar-refractivity contribution in [1.82, 2.24) is 5.43 Å². The predicted molar refractivity (Wildman–Crippen MR) is 67.7 cm³/mol. The van der Waals surface area contributed by atoms with E-state index in [9.17, 15) is 9.90 Å². The number of benzene rings is 1. The summed E-state index contributed by atoms with van der Waals surface area (Å²) in [5.41, 5.74) is 3.98. The fourth-order valence-electron chi connectivity index (χ4n) is 1.82. The summed E-state index contributed by atoms with van der Waals surface area (Å²) in [6, 6.07) is 4.71. The Hall–Kier alpha value is -1.75. The number of phenolic OH excluding ortho intramolecular Hbond substituents is 1. The molecule has 4 N–H and O–H groups in total. The van der Waals surface area contributed by atoms with Crippen LogP contribution in [0.4, 0.5) is 5.69 Å². The summed E-state index contributed by atoms with van der Waals surface area (Å²) < 4.78 is 0. The molecule has 0 radical (unpaired) electrons. The van der Waals surface area contributed by atoms with E-state index in [2.05, 4.69) is 5.43 Å². The Morgan fingerprint density at radius 3 is 2.76 bits per heavy atom. The van der Waals surface area contributed by atoms with Crippen molar-refractivity contribution >= 4 is 11.6 Å². The van der Waals surface area contributed by atoms with Gasteiger partial charge in [0, 0.05) is 18.3 Å². The van der Waals surface area contributed by atoms with Crippen molar-refractivity contribution < 1.29 is 9.90 Å². The van der Waals surface area contributed by atoms with Gasteiger partial charge in [-0.2, -0.15) is 0 Å². The fraction of sp³-hybridized carbons (Fsp3) is 0.417. The molecule has 0 saturated carbocycles. The van der Waals surface area contributed by atoms with Crippen LogP contribution in [-0.4, -0.2) is 23.6 Å². The molecule has 1 atom stereocenters. The second-order valence-electron chi connectivity index (χ2n) is 3.94. The average Bonchev–Trinajstić information content (AvgIpc) is 2.33. The van der Waals surface area contributed by atoms with Crippen LogP contribution in [-0.2, 0) is 4.79 Å². The fourth-order valence-corrected chi connectivity index (χ4v) is 1.82. The molecule has 1 aromatic carbocycles. The monoisotopic (exact) mass is 237 g/mol. The van der Waals surface area contributed by atoms with Crippen molar-refractivity contribution in [2.24, 2.45) is 5.84 Å². The number of rotatable bonds is 4. The van der Waals surface area contributed by atoms with Crippen LogP contribution >= 0.6 is 0 Å². The zero-order valence-electron chi connectivity index (χ0n) is 10.4. The number of nitrogens with two attached hydrogens (primary N) is 1. The van der Waals surface area contributed by atoms with Crippen LogP contribution < -0.4 is 16.2 Å². The van der Waals surface area contributed by atoms with Gasteiger partial charge in [-0.05, 0) is 32.4 Å². The van der Waals surface area contributed by atoms with Crippen LogP contribution in [0, 0.1) is 6.92 Å². The molecular weight excluding hydrogens is 218 g/mol. The lowest BCUT2D eigenvalue weighted by Crippen LogP contribution is -2.47. The third-order valence-corrected chi connectivity index (χ3v) is 2.83. The van der Waals surface area contributed by atoms with Crippen molar-refractivity contribution in [1.29, 1.82) is 0 Å². The van der Waals surface area contributed by atoms with E-state index in [-0.39, 0.29) is 17.7 Å². The molecule has 0 aromatic heterocycles. The van der Waals surface area contributed by atoms with Gasteiger partial charge in [-0.15, -0.1) is 0 Å². The van der Waals surface area contributed by atoms with Crippen LogP contribution in [0.1, 0.15) is 19.4 Å². The maximum absolute atomic E-state index is 11.5. The number of anilines is 1. The van der Waals surface area contributed by atoms with E-state index in [4.69, 9.17) is 5.84 Å². The van der Waals surface area contributed by atoms with E-state index in [1.807, 2.05) is 24.8 Å². The standard InChI is InChI=1S/C12H19N3O2/c1-4-15(9(3)12(17)14-13)11-7-10(16)6-5-8(11)2/h5-7,9,16H,4,13H2,1-3H3,(H,14,17). The highest BCUT2D eigenvalue weighted by Crippen LogP contribution is 2.26. The van der Waals surface area contributed by atoms with Gasteiger partial charge in [0.2, 0.25) is 0 Å². The molecule has 0 fully saturated rings. The van der Waals surface area contributed by atoms with Gasteiger partial charge < -0.3 is 10.0 Å². The lowest BCUT2D eigenvalue weighted by atomic mass is 10.1. The minimum absolute atomic E-state index is 0.185. The maximum Gasteiger partial charge on any atom is 0.256 e. The summed E-state index contributed by atoms with van der Waals surface area (Å²) >= 11 is 0. The Kier molecular flexibility index (Phi) is 4.34. The Morgan fingerprint density at radius 2 is 2.24 bits per heavy atom. The van der Waals surface area contributed by atoms with Crippen LogP contribution in [0.3, 0.4) is 0 Å². The number of nitrogens with one attached hydrogen (secondary N) is 1. The molecule has 5 heteroatoms. The number of carbonyl (C=O) groups is 1. The van der Waals surface area contributed by atoms with Gasteiger partial charge in [-0.25, -0.2) is 5.84 Å². The van der Waals surface area contributed by atoms with Crippen molar-refractivity contribution in [2.45, 2.75) is 26.8 Å². The third-order valence-electron chi connectivity index (χ3n) is 2.83. The Morgan fingerprint density at radius 1 is 1.59 bits per heavy atom. The van der Waals surface area contributed by atoms with E-state index in [1.54, 1.807) is 19.1 Å². The van der Waals surface area contributed by atoms with Gasteiger partial charge in [-0.1, -0.05) is 6.07 Å². The molecule has 0 saturated heterocycles. The van der Waals surface area contributed by atoms with Crippen LogP contribution in [0.25, 0.3) is 0 Å². The van der Waals surface area contributed by atoms with E-state index >= 15 is 0 Å².